The van der Waals surface area contributed by atoms with Gasteiger partial charge < -0.3 is 15.7 Å². The van der Waals surface area contributed by atoms with E-state index in [-0.39, 0.29) is 24.0 Å². The zero-order chi connectivity index (χ0) is 13.3. The molecular weight excluding hydrogens is 240 g/mol. The van der Waals surface area contributed by atoms with Crippen LogP contribution in [0.25, 0.3) is 0 Å². The number of rotatable bonds is 3. The lowest BCUT2D eigenvalue weighted by Gasteiger charge is -2.37. The van der Waals surface area contributed by atoms with Crippen LogP contribution in [0.1, 0.15) is 51.4 Å². The Balaban J connectivity index is 1.59. The summed E-state index contributed by atoms with van der Waals surface area (Å²) in [7, 11) is 0. The van der Waals surface area contributed by atoms with Crippen LogP contribution in [-0.4, -0.2) is 36.2 Å². The number of amides is 1. The third-order valence-electron chi connectivity index (χ3n) is 5.61. The van der Waals surface area contributed by atoms with Crippen LogP contribution in [0.2, 0.25) is 0 Å². The lowest BCUT2D eigenvalue weighted by molar-refractivity contribution is -0.126. The van der Waals surface area contributed by atoms with Crippen molar-refractivity contribution in [3.63, 3.8) is 0 Å². The molecule has 0 aromatic carbocycles. The van der Waals surface area contributed by atoms with Crippen molar-refractivity contribution in [1.29, 1.82) is 0 Å². The minimum atomic E-state index is -0.313. The molecule has 1 saturated heterocycles. The van der Waals surface area contributed by atoms with Crippen LogP contribution < -0.4 is 10.6 Å². The molecule has 1 heterocycles. The molecule has 3 rings (SSSR count). The Labute approximate surface area is 115 Å². The monoisotopic (exact) mass is 266 g/mol. The number of carbonyl (C=O) groups excluding carboxylic acids is 1. The molecule has 1 atom stereocenters. The van der Waals surface area contributed by atoms with Crippen molar-refractivity contribution in [2.45, 2.75) is 56.9 Å². The van der Waals surface area contributed by atoms with Crippen LogP contribution in [0.3, 0.4) is 0 Å². The van der Waals surface area contributed by atoms with Crippen molar-refractivity contribution in [2.24, 2.45) is 11.3 Å². The van der Waals surface area contributed by atoms with Gasteiger partial charge in [0, 0.05) is 5.92 Å². The molecule has 1 unspecified atom stereocenters. The lowest BCUT2D eigenvalue weighted by Crippen LogP contribution is -2.53. The van der Waals surface area contributed by atoms with Crippen LogP contribution in [0.15, 0.2) is 0 Å². The first kappa shape index (κ1) is 13.4. The molecule has 2 saturated carbocycles. The summed E-state index contributed by atoms with van der Waals surface area (Å²) >= 11 is 0. The Hall–Kier alpha value is -0.610. The Kier molecular flexibility index (Phi) is 3.56. The standard InChI is InChI=1S/C15H26N2O2/c18-11-15(4-2-1-3-5-15)17-13(19)12-10-14(12)6-8-16-9-7-14/h12,16,18H,1-11H2,(H,17,19). The Morgan fingerprint density at radius 3 is 2.47 bits per heavy atom. The predicted octanol–water partition coefficient (Wildman–Crippen LogP) is 1.19. The summed E-state index contributed by atoms with van der Waals surface area (Å²) in [6, 6.07) is 0. The minimum absolute atomic E-state index is 0.0972. The highest BCUT2D eigenvalue weighted by Crippen LogP contribution is 2.58. The molecule has 0 radical (unpaired) electrons. The maximum atomic E-state index is 12.5. The van der Waals surface area contributed by atoms with Gasteiger partial charge in [-0.05, 0) is 50.6 Å². The molecule has 4 nitrogen and oxygen atoms in total. The van der Waals surface area contributed by atoms with Gasteiger partial charge in [0.15, 0.2) is 0 Å². The third-order valence-corrected chi connectivity index (χ3v) is 5.61. The molecule has 1 spiro atoms. The van der Waals surface area contributed by atoms with Gasteiger partial charge in [-0.3, -0.25) is 4.79 Å². The molecule has 4 heteroatoms. The Bertz CT molecular complexity index is 344. The summed E-state index contributed by atoms with van der Waals surface area (Å²) in [4.78, 5) is 12.5. The lowest BCUT2D eigenvalue weighted by atomic mass is 9.82. The number of aliphatic hydroxyl groups is 1. The maximum Gasteiger partial charge on any atom is 0.224 e. The number of nitrogens with one attached hydrogen (secondary N) is 2. The van der Waals surface area contributed by atoms with Crippen molar-refractivity contribution < 1.29 is 9.90 Å². The van der Waals surface area contributed by atoms with Gasteiger partial charge in [0.2, 0.25) is 5.91 Å². The van der Waals surface area contributed by atoms with Gasteiger partial charge in [-0.25, -0.2) is 0 Å². The smallest absolute Gasteiger partial charge is 0.224 e. The van der Waals surface area contributed by atoms with Gasteiger partial charge >= 0.3 is 0 Å². The van der Waals surface area contributed by atoms with E-state index in [1.165, 1.54) is 6.42 Å². The van der Waals surface area contributed by atoms with Crippen molar-refractivity contribution in [3.05, 3.63) is 0 Å². The zero-order valence-electron chi connectivity index (χ0n) is 11.7. The molecule has 0 aromatic rings. The molecule has 0 aromatic heterocycles. The summed E-state index contributed by atoms with van der Waals surface area (Å²) in [5.41, 5.74) is -0.0212. The number of piperidine rings is 1. The fourth-order valence-electron chi connectivity index (χ4n) is 4.10. The Morgan fingerprint density at radius 1 is 1.16 bits per heavy atom. The second-order valence-corrected chi connectivity index (χ2v) is 6.86. The average molecular weight is 266 g/mol. The first-order chi connectivity index (χ1) is 9.20. The van der Waals surface area contributed by atoms with Crippen LogP contribution in [-0.2, 0) is 4.79 Å². The van der Waals surface area contributed by atoms with E-state index in [4.69, 9.17) is 0 Å². The second-order valence-electron chi connectivity index (χ2n) is 6.86. The fourth-order valence-corrected chi connectivity index (χ4v) is 4.10. The van der Waals surface area contributed by atoms with Crippen LogP contribution >= 0.6 is 0 Å². The quantitative estimate of drug-likeness (QED) is 0.719. The number of hydrogen-bond acceptors (Lipinski definition) is 3. The van der Waals surface area contributed by atoms with Gasteiger partial charge in [-0.15, -0.1) is 0 Å². The average Bonchev–Trinajstić information content (AvgIpc) is 3.14. The number of hydrogen-bond donors (Lipinski definition) is 3. The third kappa shape index (κ3) is 2.52. The van der Waals surface area contributed by atoms with Crippen molar-refractivity contribution in [1.82, 2.24) is 10.6 Å². The van der Waals surface area contributed by atoms with Gasteiger partial charge in [0.05, 0.1) is 12.1 Å². The number of carbonyl (C=O) groups is 1. The molecule has 19 heavy (non-hydrogen) atoms. The molecule has 0 bridgehead atoms. The molecule has 3 N–H and O–H groups in total. The van der Waals surface area contributed by atoms with E-state index in [1.807, 2.05) is 0 Å². The summed E-state index contributed by atoms with van der Waals surface area (Å²) in [6.07, 6.45) is 8.70. The van der Waals surface area contributed by atoms with Crippen molar-refractivity contribution in [3.8, 4) is 0 Å². The molecule has 1 amide bonds. The predicted molar refractivity (Wildman–Crippen MR) is 73.7 cm³/mol. The van der Waals surface area contributed by atoms with Crippen LogP contribution in [0, 0.1) is 11.3 Å². The molecule has 3 aliphatic rings. The van der Waals surface area contributed by atoms with E-state index in [0.29, 0.717) is 5.41 Å². The minimum Gasteiger partial charge on any atom is -0.394 e. The fraction of sp³-hybridized carbons (Fsp3) is 0.933. The van der Waals surface area contributed by atoms with Crippen molar-refractivity contribution >= 4 is 5.91 Å². The SMILES string of the molecule is O=C(NC1(CO)CCCCC1)C1CC12CCNCC2. The van der Waals surface area contributed by atoms with E-state index >= 15 is 0 Å². The molecule has 108 valence electrons. The van der Waals surface area contributed by atoms with Crippen LogP contribution in [0.5, 0.6) is 0 Å². The molecule has 3 fully saturated rings. The summed E-state index contributed by atoms with van der Waals surface area (Å²) in [6.45, 7) is 2.20. The topological polar surface area (TPSA) is 61.4 Å². The molecule has 2 aliphatic carbocycles. The van der Waals surface area contributed by atoms with Gasteiger partial charge in [0.1, 0.15) is 0 Å². The zero-order valence-corrected chi connectivity index (χ0v) is 11.7. The summed E-state index contributed by atoms with van der Waals surface area (Å²) in [5.74, 6) is 0.415. The van der Waals surface area contributed by atoms with Gasteiger partial charge in [-0.1, -0.05) is 19.3 Å². The Morgan fingerprint density at radius 2 is 1.84 bits per heavy atom. The highest BCUT2D eigenvalue weighted by Gasteiger charge is 2.58. The van der Waals surface area contributed by atoms with E-state index in [9.17, 15) is 9.90 Å². The van der Waals surface area contributed by atoms with E-state index < -0.39 is 0 Å². The first-order valence-corrected chi connectivity index (χ1v) is 7.83. The normalized spacial score (nSPS) is 31.9. The summed E-state index contributed by atoms with van der Waals surface area (Å²) < 4.78 is 0. The van der Waals surface area contributed by atoms with E-state index in [2.05, 4.69) is 10.6 Å². The molecule has 1 aliphatic heterocycles. The van der Waals surface area contributed by atoms with Gasteiger partial charge in [-0.2, -0.15) is 0 Å². The summed E-state index contributed by atoms with van der Waals surface area (Å²) in [5, 5.41) is 16.2. The number of aliphatic hydroxyl groups excluding tert-OH is 1. The highest BCUT2D eigenvalue weighted by molar-refractivity contribution is 5.83. The molecular formula is C15H26N2O2. The first-order valence-electron chi connectivity index (χ1n) is 7.83. The largest absolute Gasteiger partial charge is 0.394 e. The van der Waals surface area contributed by atoms with E-state index in [0.717, 1.165) is 58.0 Å². The van der Waals surface area contributed by atoms with Crippen molar-refractivity contribution in [2.75, 3.05) is 19.7 Å². The van der Waals surface area contributed by atoms with Crippen LogP contribution in [0.4, 0.5) is 0 Å². The van der Waals surface area contributed by atoms with E-state index in [1.54, 1.807) is 0 Å². The maximum absolute atomic E-state index is 12.5. The highest BCUT2D eigenvalue weighted by atomic mass is 16.3. The van der Waals surface area contributed by atoms with Gasteiger partial charge in [0.25, 0.3) is 0 Å². The second kappa shape index (κ2) is 5.06.